The van der Waals surface area contributed by atoms with Gasteiger partial charge < -0.3 is 4.90 Å². The third-order valence-corrected chi connectivity index (χ3v) is 5.78. The molecule has 0 aliphatic carbocycles. The van der Waals surface area contributed by atoms with Gasteiger partial charge in [0.1, 0.15) is 5.01 Å². The van der Waals surface area contributed by atoms with Crippen LogP contribution in [-0.2, 0) is 22.2 Å². The lowest BCUT2D eigenvalue weighted by atomic mass is 10.1. The predicted octanol–water partition coefficient (Wildman–Crippen LogP) is 1.62. The maximum atomic E-state index is 13.2. The van der Waals surface area contributed by atoms with E-state index in [9.17, 15) is 27.6 Å². The quantitative estimate of drug-likeness (QED) is 0.649. The van der Waals surface area contributed by atoms with Crippen molar-refractivity contribution in [3.05, 3.63) is 51.5 Å². The predicted molar refractivity (Wildman–Crippen MR) is 111 cm³/mol. The molecular formula is C20H22F3N5O3S. The fourth-order valence-corrected chi connectivity index (χ4v) is 4.01. The number of thiazole rings is 1. The van der Waals surface area contributed by atoms with Crippen LogP contribution in [-0.4, -0.2) is 65.2 Å². The number of carbonyl (C=O) groups excluding carboxylic acids is 3. The summed E-state index contributed by atoms with van der Waals surface area (Å²) in [4.78, 5) is 43.8. The van der Waals surface area contributed by atoms with Crippen LogP contribution in [0.3, 0.4) is 0 Å². The first-order chi connectivity index (χ1) is 15.1. The highest BCUT2D eigenvalue weighted by Gasteiger charge is 2.36. The van der Waals surface area contributed by atoms with Crippen molar-refractivity contribution in [2.24, 2.45) is 0 Å². The van der Waals surface area contributed by atoms with Gasteiger partial charge >= 0.3 is 6.18 Å². The number of hydrogen-bond acceptors (Lipinski definition) is 6. The van der Waals surface area contributed by atoms with E-state index in [4.69, 9.17) is 0 Å². The summed E-state index contributed by atoms with van der Waals surface area (Å²) in [6.07, 6.45) is -4.56. The number of nitrogens with zero attached hydrogens (tertiary/aromatic N) is 3. The van der Waals surface area contributed by atoms with E-state index in [1.165, 1.54) is 34.4 Å². The number of benzene rings is 1. The van der Waals surface area contributed by atoms with Gasteiger partial charge in [-0.05, 0) is 19.1 Å². The van der Waals surface area contributed by atoms with Crippen LogP contribution in [0.4, 0.5) is 13.2 Å². The fraction of sp³-hybridized carbons (Fsp3) is 0.400. The first-order valence-electron chi connectivity index (χ1n) is 9.80. The molecular weight excluding hydrogens is 447 g/mol. The summed E-state index contributed by atoms with van der Waals surface area (Å²) in [6.45, 7) is 2.82. The summed E-state index contributed by atoms with van der Waals surface area (Å²) < 4.78 is 39.5. The molecule has 0 atom stereocenters. The highest BCUT2D eigenvalue weighted by Crippen LogP contribution is 2.32. The van der Waals surface area contributed by atoms with Crippen LogP contribution in [0.5, 0.6) is 0 Å². The van der Waals surface area contributed by atoms with E-state index in [1.54, 1.807) is 4.90 Å². The molecule has 1 aromatic heterocycles. The lowest BCUT2D eigenvalue weighted by Crippen LogP contribution is -2.53. The zero-order valence-corrected chi connectivity index (χ0v) is 18.1. The van der Waals surface area contributed by atoms with Crippen molar-refractivity contribution in [2.45, 2.75) is 19.5 Å². The van der Waals surface area contributed by atoms with Crippen LogP contribution in [0.25, 0.3) is 0 Å². The molecule has 1 aliphatic heterocycles. The SMILES string of the molecule is Cc1csc(CC(=O)NNC(=O)CN2CCN(C(=O)c3ccccc3C(F)(F)F)CC2)n1. The first-order valence-corrected chi connectivity index (χ1v) is 10.7. The molecule has 0 unspecified atom stereocenters. The Labute approximate surface area is 186 Å². The zero-order valence-electron chi connectivity index (χ0n) is 17.2. The van der Waals surface area contributed by atoms with E-state index in [0.29, 0.717) is 18.1 Å². The van der Waals surface area contributed by atoms with Gasteiger partial charge in [0.2, 0.25) is 5.91 Å². The highest BCUT2D eigenvalue weighted by atomic mass is 32.1. The van der Waals surface area contributed by atoms with E-state index in [0.717, 1.165) is 11.8 Å². The number of rotatable bonds is 5. The number of aryl methyl sites for hydroxylation is 1. The molecule has 32 heavy (non-hydrogen) atoms. The molecule has 2 aromatic rings. The molecule has 1 aromatic carbocycles. The number of piperazine rings is 1. The summed E-state index contributed by atoms with van der Waals surface area (Å²) >= 11 is 1.36. The van der Waals surface area contributed by atoms with E-state index in [-0.39, 0.29) is 31.6 Å². The second-order valence-electron chi connectivity index (χ2n) is 7.27. The average molecular weight is 469 g/mol. The highest BCUT2D eigenvalue weighted by molar-refractivity contribution is 7.09. The summed E-state index contributed by atoms with van der Waals surface area (Å²) in [5.74, 6) is -1.52. The van der Waals surface area contributed by atoms with Gasteiger partial charge in [-0.25, -0.2) is 4.98 Å². The molecule has 8 nitrogen and oxygen atoms in total. The number of amides is 3. The summed E-state index contributed by atoms with van der Waals surface area (Å²) in [5, 5.41) is 2.47. The van der Waals surface area contributed by atoms with Crippen LogP contribution < -0.4 is 10.9 Å². The molecule has 1 fully saturated rings. The second-order valence-corrected chi connectivity index (χ2v) is 8.21. The minimum Gasteiger partial charge on any atom is -0.336 e. The molecule has 3 rings (SSSR count). The minimum atomic E-state index is -4.62. The number of aromatic nitrogens is 1. The van der Waals surface area contributed by atoms with Crippen LogP contribution >= 0.6 is 11.3 Å². The van der Waals surface area contributed by atoms with Gasteiger partial charge in [-0.3, -0.25) is 30.1 Å². The number of halogens is 3. The van der Waals surface area contributed by atoms with Crippen molar-refractivity contribution in [2.75, 3.05) is 32.7 Å². The molecule has 0 spiro atoms. The number of carbonyl (C=O) groups is 3. The monoisotopic (exact) mass is 469 g/mol. The fourth-order valence-electron chi connectivity index (χ4n) is 3.24. The Hall–Kier alpha value is -2.99. The number of alkyl halides is 3. The van der Waals surface area contributed by atoms with Crippen molar-refractivity contribution in [1.29, 1.82) is 0 Å². The van der Waals surface area contributed by atoms with E-state index in [2.05, 4.69) is 15.8 Å². The first kappa shape index (κ1) is 23.7. The number of hydrogen-bond donors (Lipinski definition) is 2. The lowest BCUT2D eigenvalue weighted by molar-refractivity contribution is -0.138. The van der Waals surface area contributed by atoms with Gasteiger partial charge in [-0.15, -0.1) is 11.3 Å². The number of nitrogens with one attached hydrogen (secondary N) is 2. The molecule has 1 aliphatic rings. The van der Waals surface area contributed by atoms with Crippen LogP contribution in [0.15, 0.2) is 29.6 Å². The Bertz CT molecular complexity index is 987. The Morgan fingerprint density at radius 1 is 1.06 bits per heavy atom. The molecule has 0 saturated carbocycles. The van der Waals surface area contributed by atoms with Gasteiger partial charge in [0.15, 0.2) is 0 Å². The Morgan fingerprint density at radius 3 is 2.34 bits per heavy atom. The van der Waals surface area contributed by atoms with Gasteiger partial charge in [0, 0.05) is 37.3 Å². The Kier molecular flexibility index (Phi) is 7.46. The van der Waals surface area contributed by atoms with Gasteiger partial charge in [-0.1, -0.05) is 12.1 Å². The Morgan fingerprint density at radius 2 is 1.72 bits per heavy atom. The topological polar surface area (TPSA) is 94.6 Å². The van der Waals surface area contributed by atoms with Gasteiger partial charge in [0.25, 0.3) is 11.8 Å². The Balaban J connectivity index is 1.44. The van der Waals surface area contributed by atoms with Crippen molar-refractivity contribution < 1.29 is 27.6 Å². The molecule has 0 bridgehead atoms. The summed E-state index contributed by atoms with van der Waals surface area (Å²) in [5.41, 5.74) is 4.13. The normalized spacial score (nSPS) is 14.8. The van der Waals surface area contributed by atoms with E-state index >= 15 is 0 Å². The minimum absolute atomic E-state index is 0.0161. The smallest absolute Gasteiger partial charge is 0.336 e. The molecule has 1 saturated heterocycles. The standard InChI is InChI=1S/C20H22F3N5O3S/c1-13-12-32-18(24-13)10-16(29)25-26-17(30)11-27-6-8-28(9-7-27)19(31)14-4-2-3-5-15(14)20(21,22)23/h2-5,12H,6-11H2,1H3,(H,25,29)(H,26,30). The lowest BCUT2D eigenvalue weighted by Gasteiger charge is -2.34. The largest absolute Gasteiger partial charge is 0.417 e. The third kappa shape index (κ3) is 6.26. The van der Waals surface area contributed by atoms with Crippen LogP contribution in [0.2, 0.25) is 0 Å². The third-order valence-electron chi connectivity index (χ3n) is 4.81. The van der Waals surface area contributed by atoms with Crippen molar-refractivity contribution in [1.82, 2.24) is 25.6 Å². The molecule has 172 valence electrons. The van der Waals surface area contributed by atoms with Gasteiger partial charge in [0.05, 0.1) is 24.1 Å². The molecule has 2 N–H and O–H groups in total. The van der Waals surface area contributed by atoms with Crippen molar-refractivity contribution in [3.8, 4) is 0 Å². The van der Waals surface area contributed by atoms with E-state index in [1.807, 2.05) is 12.3 Å². The number of hydrazine groups is 1. The van der Waals surface area contributed by atoms with Crippen molar-refractivity contribution >= 4 is 29.1 Å². The summed E-state index contributed by atoms with van der Waals surface area (Å²) in [6, 6.07) is 4.69. The zero-order chi connectivity index (χ0) is 23.3. The second kappa shape index (κ2) is 10.1. The molecule has 0 radical (unpaired) electrons. The molecule has 3 amide bonds. The maximum absolute atomic E-state index is 13.2. The van der Waals surface area contributed by atoms with Crippen LogP contribution in [0.1, 0.15) is 26.6 Å². The van der Waals surface area contributed by atoms with Gasteiger partial charge in [-0.2, -0.15) is 13.2 Å². The summed E-state index contributed by atoms with van der Waals surface area (Å²) in [7, 11) is 0. The van der Waals surface area contributed by atoms with E-state index < -0.39 is 29.5 Å². The average Bonchev–Trinajstić information content (AvgIpc) is 3.16. The van der Waals surface area contributed by atoms with Crippen molar-refractivity contribution in [3.63, 3.8) is 0 Å². The molecule has 12 heteroatoms. The molecule has 2 heterocycles. The van der Waals surface area contributed by atoms with Crippen LogP contribution in [0, 0.1) is 6.92 Å². The maximum Gasteiger partial charge on any atom is 0.417 e.